The first kappa shape index (κ1) is 21.9. The van der Waals surface area contributed by atoms with Gasteiger partial charge in [-0.1, -0.05) is 12.1 Å². The number of likely N-dealkylation sites (tertiary alicyclic amines) is 2. The average Bonchev–Trinajstić information content (AvgIpc) is 3.33. The van der Waals surface area contributed by atoms with E-state index in [2.05, 4.69) is 41.6 Å². The van der Waals surface area contributed by atoms with E-state index in [0.29, 0.717) is 6.04 Å². The van der Waals surface area contributed by atoms with Crippen LogP contribution in [0.25, 0.3) is 0 Å². The van der Waals surface area contributed by atoms with E-state index in [1.54, 1.807) is 0 Å². The Bertz CT molecular complexity index is 905. The summed E-state index contributed by atoms with van der Waals surface area (Å²) >= 11 is 0. The highest BCUT2D eigenvalue weighted by Gasteiger charge is 2.55. The molecule has 6 nitrogen and oxygen atoms in total. The SMILES string of the molecule is CC(C)Oc1ccc(CN2C[C@H](c3cn(C(C)C)cn3)[C@@]3(CCCN(C)C3=O)C2)cc1. The van der Waals surface area contributed by atoms with Gasteiger partial charge < -0.3 is 14.2 Å². The number of ether oxygens (including phenoxy) is 1. The van der Waals surface area contributed by atoms with Gasteiger partial charge in [0.25, 0.3) is 0 Å². The molecule has 0 saturated carbocycles. The van der Waals surface area contributed by atoms with Crippen LogP contribution in [0.4, 0.5) is 0 Å². The fourth-order valence-electron chi connectivity index (χ4n) is 5.21. The molecular weight excluding hydrogens is 388 g/mol. The third-order valence-corrected chi connectivity index (χ3v) is 6.78. The Morgan fingerprint density at radius 3 is 2.58 bits per heavy atom. The highest BCUT2D eigenvalue weighted by atomic mass is 16.5. The molecular formula is C25H36N4O2. The molecule has 168 valence electrons. The van der Waals surface area contributed by atoms with Gasteiger partial charge in [-0.05, 0) is 58.2 Å². The number of carbonyl (C=O) groups is 1. The third-order valence-electron chi connectivity index (χ3n) is 6.78. The van der Waals surface area contributed by atoms with Gasteiger partial charge >= 0.3 is 0 Å². The number of rotatable bonds is 6. The summed E-state index contributed by atoms with van der Waals surface area (Å²) in [6, 6.07) is 8.73. The fourth-order valence-corrected chi connectivity index (χ4v) is 5.21. The lowest BCUT2D eigenvalue weighted by Crippen LogP contribution is -2.50. The number of nitrogens with zero attached hydrogens (tertiary/aromatic N) is 4. The molecule has 2 aliphatic rings. The van der Waals surface area contributed by atoms with E-state index in [9.17, 15) is 4.79 Å². The number of piperidine rings is 1. The number of hydrogen-bond donors (Lipinski definition) is 0. The largest absolute Gasteiger partial charge is 0.491 e. The van der Waals surface area contributed by atoms with Gasteiger partial charge in [-0.3, -0.25) is 9.69 Å². The van der Waals surface area contributed by atoms with Gasteiger partial charge in [0.05, 0.1) is 23.5 Å². The van der Waals surface area contributed by atoms with Crippen LogP contribution in [0.1, 0.15) is 63.8 Å². The number of aromatic nitrogens is 2. The number of imidazole rings is 1. The molecule has 0 bridgehead atoms. The molecule has 2 fully saturated rings. The van der Waals surface area contributed by atoms with Crippen LogP contribution in [-0.2, 0) is 11.3 Å². The lowest BCUT2D eigenvalue weighted by atomic mass is 9.70. The minimum absolute atomic E-state index is 0.131. The minimum atomic E-state index is -0.371. The number of hydrogen-bond acceptors (Lipinski definition) is 4. The summed E-state index contributed by atoms with van der Waals surface area (Å²) in [4.78, 5) is 22.6. The summed E-state index contributed by atoms with van der Waals surface area (Å²) in [5, 5.41) is 0. The van der Waals surface area contributed by atoms with Gasteiger partial charge in [0.1, 0.15) is 5.75 Å². The molecule has 2 aliphatic heterocycles. The molecule has 6 heteroatoms. The van der Waals surface area contributed by atoms with E-state index in [4.69, 9.17) is 9.72 Å². The normalized spacial score (nSPS) is 24.7. The molecule has 0 unspecified atom stereocenters. The van der Waals surface area contributed by atoms with Crippen molar-refractivity contribution in [3.05, 3.63) is 48.0 Å². The van der Waals surface area contributed by atoms with Crippen molar-refractivity contribution >= 4 is 5.91 Å². The maximum absolute atomic E-state index is 13.5. The molecule has 3 heterocycles. The molecule has 0 N–H and O–H groups in total. The first-order chi connectivity index (χ1) is 14.8. The predicted molar refractivity (Wildman–Crippen MR) is 122 cm³/mol. The van der Waals surface area contributed by atoms with Gasteiger partial charge in [0, 0.05) is 51.4 Å². The van der Waals surface area contributed by atoms with Gasteiger partial charge in [0.15, 0.2) is 0 Å². The molecule has 1 amide bonds. The first-order valence-electron chi connectivity index (χ1n) is 11.6. The Hall–Kier alpha value is -2.34. The van der Waals surface area contributed by atoms with Crippen LogP contribution in [-0.4, -0.2) is 58.0 Å². The van der Waals surface area contributed by atoms with E-state index >= 15 is 0 Å². The van der Waals surface area contributed by atoms with Crippen LogP contribution < -0.4 is 4.74 Å². The number of amides is 1. The second-order valence-corrected chi connectivity index (χ2v) is 9.86. The lowest BCUT2D eigenvalue weighted by Gasteiger charge is -2.40. The Kier molecular flexibility index (Phi) is 6.11. The summed E-state index contributed by atoms with van der Waals surface area (Å²) in [5.41, 5.74) is 1.93. The Morgan fingerprint density at radius 2 is 1.94 bits per heavy atom. The van der Waals surface area contributed by atoms with Crippen LogP contribution in [0.3, 0.4) is 0 Å². The summed E-state index contributed by atoms with van der Waals surface area (Å²) in [5.74, 6) is 1.31. The molecule has 0 aliphatic carbocycles. The molecule has 0 radical (unpaired) electrons. The fraction of sp³-hybridized carbons (Fsp3) is 0.600. The van der Waals surface area contributed by atoms with E-state index in [1.807, 2.05) is 44.3 Å². The monoisotopic (exact) mass is 424 g/mol. The maximum Gasteiger partial charge on any atom is 0.230 e. The van der Waals surface area contributed by atoms with Gasteiger partial charge in [0.2, 0.25) is 5.91 Å². The Labute approximate surface area is 186 Å². The highest BCUT2D eigenvalue weighted by molar-refractivity contribution is 5.85. The average molecular weight is 425 g/mol. The van der Waals surface area contributed by atoms with Crippen LogP contribution in [0.5, 0.6) is 5.75 Å². The van der Waals surface area contributed by atoms with E-state index in [1.165, 1.54) is 5.56 Å². The second-order valence-electron chi connectivity index (χ2n) is 9.86. The molecule has 2 saturated heterocycles. The van der Waals surface area contributed by atoms with Crippen molar-refractivity contribution < 1.29 is 9.53 Å². The van der Waals surface area contributed by atoms with Crippen LogP contribution >= 0.6 is 0 Å². The lowest BCUT2D eigenvalue weighted by molar-refractivity contribution is -0.145. The van der Waals surface area contributed by atoms with Crippen molar-refractivity contribution in [2.45, 2.75) is 65.1 Å². The number of benzene rings is 1. The summed E-state index contributed by atoms with van der Waals surface area (Å²) < 4.78 is 7.93. The quantitative estimate of drug-likeness (QED) is 0.701. The van der Waals surface area contributed by atoms with Crippen LogP contribution in [0, 0.1) is 5.41 Å². The second kappa shape index (κ2) is 8.65. The first-order valence-corrected chi connectivity index (χ1v) is 11.6. The maximum atomic E-state index is 13.5. The third kappa shape index (κ3) is 4.36. The zero-order chi connectivity index (χ0) is 22.2. The zero-order valence-electron chi connectivity index (χ0n) is 19.5. The summed E-state index contributed by atoms with van der Waals surface area (Å²) in [6.45, 7) is 11.7. The minimum Gasteiger partial charge on any atom is -0.491 e. The zero-order valence-corrected chi connectivity index (χ0v) is 19.5. The Morgan fingerprint density at radius 1 is 1.19 bits per heavy atom. The van der Waals surface area contributed by atoms with Crippen LogP contribution in [0.15, 0.2) is 36.8 Å². The topological polar surface area (TPSA) is 50.6 Å². The molecule has 2 atom stereocenters. The highest BCUT2D eigenvalue weighted by Crippen LogP contribution is 2.49. The summed E-state index contributed by atoms with van der Waals surface area (Å²) in [6.07, 6.45) is 6.23. The van der Waals surface area contributed by atoms with Gasteiger partial charge in [-0.25, -0.2) is 4.98 Å². The molecule has 2 aromatic rings. The van der Waals surface area contributed by atoms with Crippen molar-refractivity contribution in [3.63, 3.8) is 0 Å². The molecule has 1 aromatic heterocycles. The van der Waals surface area contributed by atoms with Gasteiger partial charge in [-0.15, -0.1) is 0 Å². The number of carbonyl (C=O) groups excluding carboxylic acids is 1. The van der Waals surface area contributed by atoms with Crippen molar-refractivity contribution in [2.75, 3.05) is 26.7 Å². The van der Waals surface area contributed by atoms with E-state index in [0.717, 1.165) is 50.5 Å². The smallest absolute Gasteiger partial charge is 0.230 e. The molecule has 1 spiro atoms. The summed E-state index contributed by atoms with van der Waals surface area (Å²) in [7, 11) is 1.95. The van der Waals surface area contributed by atoms with Crippen molar-refractivity contribution in [1.82, 2.24) is 19.4 Å². The van der Waals surface area contributed by atoms with Crippen LogP contribution in [0.2, 0.25) is 0 Å². The van der Waals surface area contributed by atoms with Gasteiger partial charge in [-0.2, -0.15) is 0 Å². The van der Waals surface area contributed by atoms with Crippen molar-refractivity contribution in [1.29, 1.82) is 0 Å². The Balaban J connectivity index is 1.57. The molecule has 1 aromatic carbocycles. The van der Waals surface area contributed by atoms with Crippen molar-refractivity contribution in [2.24, 2.45) is 5.41 Å². The predicted octanol–water partition coefficient (Wildman–Crippen LogP) is 4.09. The van der Waals surface area contributed by atoms with E-state index < -0.39 is 0 Å². The van der Waals surface area contributed by atoms with E-state index in [-0.39, 0.29) is 23.3 Å². The molecule has 4 rings (SSSR count). The molecule has 31 heavy (non-hydrogen) atoms. The van der Waals surface area contributed by atoms with Crippen molar-refractivity contribution in [3.8, 4) is 5.75 Å². The standard InChI is InChI=1S/C25H36N4O2/c1-18(2)29-15-23(26-17-29)22-14-28(16-25(22)11-6-12-27(5)24(25)30)13-20-7-9-21(10-8-20)31-19(3)4/h7-10,15,17-19,22H,6,11-14,16H2,1-5H3/t22-,25-/m1/s1.